The van der Waals surface area contributed by atoms with E-state index in [2.05, 4.69) is 42.2 Å². The zero-order valence-corrected chi connectivity index (χ0v) is 12.2. The van der Waals surface area contributed by atoms with Crippen molar-refractivity contribution in [2.24, 2.45) is 0 Å². The van der Waals surface area contributed by atoms with Crippen LogP contribution in [0.1, 0.15) is 28.4 Å². The standard InChI is InChI=1S/C14H16N2O3S/c1-9-3-4-11(5-10(9)2)6-12-15-13(19-16-12)7-20-8-14(17)18/h3-5H,6-8H2,1-2H3,(H,17,18). The first-order chi connectivity index (χ1) is 9.54. The molecule has 0 fully saturated rings. The van der Waals surface area contributed by atoms with E-state index in [1.165, 1.54) is 22.9 Å². The average Bonchev–Trinajstić information content (AvgIpc) is 2.81. The van der Waals surface area contributed by atoms with Gasteiger partial charge in [-0.1, -0.05) is 23.4 Å². The molecule has 1 aromatic heterocycles. The van der Waals surface area contributed by atoms with Crippen LogP contribution in [0.3, 0.4) is 0 Å². The molecular formula is C14H16N2O3S. The number of carboxylic acid groups (broad SMARTS) is 1. The summed E-state index contributed by atoms with van der Waals surface area (Å²) in [4.78, 5) is 14.7. The molecule has 0 atom stereocenters. The van der Waals surface area contributed by atoms with Crippen LogP contribution < -0.4 is 0 Å². The van der Waals surface area contributed by atoms with E-state index in [4.69, 9.17) is 9.63 Å². The molecule has 0 saturated carbocycles. The summed E-state index contributed by atoms with van der Waals surface area (Å²) in [5, 5.41) is 12.5. The first kappa shape index (κ1) is 14.6. The first-order valence-corrected chi connectivity index (χ1v) is 7.37. The van der Waals surface area contributed by atoms with E-state index >= 15 is 0 Å². The van der Waals surface area contributed by atoms with Gasteiger partial charge < -0.3 is 9.63 Å². The van der Waals surface area contributed by atoms with Gasteiger partial charge in [-0.15, -0.1) is 11.8 Å². The monoisotopic (exact) mass is 292 g/mol. The SMILES string of the molecule is Cc1ccc(Cc2noc(CSCC(=O)O)n2)cc1C. The molecule has 0 aliphatic rings. The maximum absolute atomic E-state index is 10.4. The number of rotatable bonds is 6. The average molecular weight is 292 g/mol. The van der Waals surface area contributed by atoms with E-state index < -0.39 is 5.97 Å². The van der Waals surface area contributed by atoms with Gasteiger partial charge in [0, 0.05) is 6.42 Å². The zero-order valence-electron chi connectivity index (χ0n) is 11.4. The zero-order chi connectivity index (χ0) is 14.5. The van der Waals surface area contributed by atoms with E-state index in [1.807, 2.05) is 0 Å². The van der Waals surface area contributed by atoms with Gasteiger partial charge in [0.05, 0.1) is 11.5 Å². The molecule has 2 rings (SSSR count). The normalized spacial score (nSPS) is 10.7. The molecule has 0 aliphatic heterocycles. The molecule has 20 heavy (non-hydrogen) atoms. The molecule has 106 valence electrons. The van der Waals surface area contributed by atoms with Gasteiger partial charge in [-0.2, -0.15) is 4.98 Å². The third-order valence-corrected chi connectivity index (χ3v) is 3.80. The molecule has 6 heteroatoms. The minimum atomic E-state index is -0.843. The van der Waals surface area contributed by atoms with Crippen LogP contribution in [0.25, 0.3) is 0 Å². The molecule has 0 saturated heterocycles. The van der Waals surface area contributed by atoms with E-state index in [0.29, 0.717) is 23.9 Å². The quantitative estimate of drug-likeness (QED) is 0.882. The van der Waals surface area contributed by atoms with Crippen molar-refractivity contribution in [2.75, 3.05) is 5.75 Å². The highest BCUT2D eigenvalue weighted by Gasteiger charge is 2.08. The van der Waals surface area contributed by atoms with Crippen molar-refractivity contribution >= 4 is 17.7 Å². The Morgan fingerprint density at radius 2 is 2.15 bits per heavy atom. The highest BCUT2D eigenvalue weighted by Crippen LogP contribution is 2.14. The number of carbonyl (C=O) groups is 1. The van der Waals surface area contributed by atoms with Crippen LogP contribution in [0, 0.1) is 13.8 Å². The van der Waals surface area contributed by atoms with E-state index in [1.54, 1.807) is 0 Å². The van der Waals surface area contributed by atoms with Gasteiger partial charge in [0.15, 0.2) is 5.82 Å². The second kappa shape index (κ2) is 6.56. The molecule has 2 aromatic rings. The van der Waals surface area contributed by atoms with Gasteiger partial charge >= 0.3 is 5.97 Å². The minimum absolute atomic E-state index is 0.0366. The van der Waals surface area contributed by atoms with Crippen LogP contribution in [0.5, 0.6) is 0 Å². The molecule has 0 aliphatic carbocycles. The molecule has 0 bridgehead atoms. The van der Waals surface area contributed by atoms with Gasteiger partial charge in [0.25, 0.3) is 0 Å². The Morgan fingerprint density at radius 1 is 1.35 bits per heavy atom. The lowest BCUT2D eigenvalue weighted by molar-refractivity contribution is -0.133. The molecule has 0 spiro atoms. The lowest BCUT2D eigenvalue weighted by atomic mass is 10.0. The highest BCUT2D eigenvalue weighted by atomic mass is 32.2. The fourth-order valence-corrected chi connectivity index (χ4v) is 2.31. The second-order valence-corrected chi connectivity index (χ2v) is 5.57. The number of aromatic nitrogens is 2. The number of aryl methyl sites for hydroxylation is 2. The Morgan fingerprint density at radius 3 is 2.85 bits per heavy atom. The van der Waals surface area contributed by atoms with Crippen LogP contribution in [-0.4, -0.2) is 27.0 Å². The lowest BCUT2D eigenvalue weighted by Crippen LogP contribution is -1.98. The van der Waals surface area contributed by atoms with Gasteiger partial charge in [-0.05, 0) is 30.5 Å². The Balaban J connectivity index is 1.95. The van der Waals surface area contributed by atoms with Gasteiger partial charge in [-0.25, -0.2) is 0 Å². The minimum Gasteiger partial charge on any atom is -0.481 e. The molecule has 1 heterocycles. The van der Waals surface area contributed by atoms with Crippen LogP contribution >= 0.6 is 11.8 Å². The second-order valence-electron chi connectivity index (χ2n) is 4.59. The van der Waals surface area contributed by atoms with Crippen molar-refractivity contribution in [3.05, 3.63) is 46.6 Å². The van der Waals surface area contributed by atoms with Crippen molar-refractivity contribution in [1.29, 1.82) is 0 Å². The Bertz CT molecular complexity index is 610. The molecule has 0 radical (unpaired) electrons. The molecular weight excluding hydrogens is 276 g/mol. The van der Waals surface area contributed by atoms with Crippen LogP contribution in [0.2, 0.25) is 0 Å². The first-order valence-electron chi connectivity index (χ1n) is 6.21. The summed E-state index contributed by atoms with van der Waals surface area (Å²) in [7, 11) is 0. The van der Waals surface area contributed by atoms with Crippen molar-refractivity contribution < 1.29 is 14.4 Å². The Labute approximate surface area is 121 Å². The maximum atomic E-state index is 10.4. The van der Waals surface area contributed by atoms with E-state index in [9.17, 15) is 4.79 Å². The summed E-state index contributed by atoms with van der Waals surface area (Å²) < 4.78 is 5.10. The van der Waals surface area contributed by atoms with Crippen molar-refractivity contribution in [3.8, 4) is 0 Å². The third-order valence-electron chi connectivity index (χ3n) is 2.89. The largest absolute Gasteiger partial charge is 0.481 e. The number of aliphatic carboxylic acids is 1. The van der Waals surface area contributed by atoms with Gasteiger partial charge in [-0.3, -0.25) is 4.79 Å². The summed E-state index contributed by atoms with van der Waals surface area (Å²) in [6, 6.07) is 6.25. The number of nitrogens with zero attached hydrogens (tertiary/aromatic N) is 2. The third kappa shape index (κ3) is 4.09. The van der Waals surface area contributed by atoms with E-state index in [-0.39, 0.29) is 5.75 Å². The maximum Gasteiger partial charge on any atom is 0.313 e. The molecule has 1 aromatic carbocycles. The number of benzene rings is 1. The van der Waals surface area contributed by atoms with Crippen LogP contribution in [-0.2, 0) is 17.0 Å². The lowest BCUT2D eigenvalue weighted by Gasteiger charge is -2.02. The van der Waals surface area contributed by atoms with Crippen molar-refractivity contribution in [2.45, 2.75) is 26.0 Å². The Hall–Kier alpha value is -1.82. The number of thioether (sulfide) groups is 1. The Kier molecular flexibility index (Phi) is 4.79. The predicted molar refractivity (Wildman–Crippen MR) is 76.8 cm³/mol. The van der Waals surface area contributed by atoms with Gasteiger partial charge in [0.1, 0.15) is 0 Å². The predicted octanol–water partition coefficient (Wildman–Crippen LogP) is 2.60. The fourth-order valence-electron chi connectivity index (χ4n) is 1.74. The summed E-state index contributed by atoms with van der Waals surface area (Å²) in [6.07, 6.45) is 0.619. The molecule has 0 unspecified atom stereocenters. The van der Waals surface area contributed by atoms with Gasteiger partial charge in [0.2, 0.25) is 5.89 Å². The van der Waals surface area contributed by atoms with Crippen LogP contribution in [0.15, 0.2) is 22.7 Å². The summed E-state index contributed by atoms with van der Waals surface area (Å²) in [5.41, 5.74) is 3.63. The summed E-state index contributed by atoms with van der Waals surface area (Å²) >= 11 is 1.24. The fraction of sp³-hybridized carbons (Fsp3) is 0.357. The molecule has 1 N–H and O–H groups in total. The summed E-state index contributed by atoms with van der Waals surface area (Å²) in [5.74, 6) is 0.709. The van der Waals surface area contributed by atoms with Crippen molar-refractivity contribution in [1.82, 2.24) is 10.1 Å². The smallest absolute Gasteiger partial charge is 0.313 e. The van der Waals surface area contributed by atoms with Crippen molar-refractivity contribution in [3.63, 3.8) is 0 Å². The molecule has 0 amide bonds. The highest BCUT2D eigenvalue weighted by molar-refractivity contribution is 7.99. The number of hydrogen-bond donors (Lipinski definition) is 1. The molecule has 5 nitrogen and oxygen atoms in total. The summed E-state index contributed by atoms with van der Waals surface area (Å²) in [6.45, 7) is 4.15. The number of hydrogen-bond acceptors (Lipinski definition) is 5. The van der Waals surface area contributed by atoms with Crippen LogP contribution in [0.4, 0.5) is 0 Å². The van der Waals surface area contributed by atoms with E-state index in [0.717, 1.165) is 5.56 Å². The topological polar surface area (TPSA) is 76.2 Å². The number of carboxylic acids is 1.